The number of hydrogen-bond acceptors (Lipinski definition) is 5. The number of hydrogen-bond donors (Lipinski definition) is 1. The predicted octanol–water partition coefficient (Wildman–Crippen LogP) is 3.21. The molecule has 0 aliphatic rings. The van der Waals surface area contributed by atoms with Crippen molar-refractivity contribution >= 4 is 11.2 Å². The van der Waals surface area contributed by atoms with Gasteiger partial charge in [-0.05, 0) is 24.6 Å². The molecule has 0 aliphatic carbocycles. The van der Waals surface area contributed by atoms with Crippen LogP contribution in [0.5, 0.6) is 5.75 Å². The monoisotopic (exact) mass is 331 g/mol. The Bertz CT molecular complexity index is 997. The summed E-state index contributed by atoms with van der Waals surface area (Å²) in [6, 6.07) is 9.77. The third-order valence-electron chi connectivity index (χ3n) is 4.02. The molecule has 0 aromatic carbocycles. The maximum absolute atomic E-state index is 5.23. The molecule has 0 spiro atoms. The fraction of sp³-hybridized carbons (Fsp3) is 0.158. The fourth-order valence-electron chi connectivity index (χ4n) is 2.73. The summed E-state index contributed by atoms with van der Waals surface area (Å²) in [5.74, 6) is 1.72. The van der Waals surface area contributed by atoms with Crippen molar-refractivity contribution in [3.05, 3.63) is 66.6 Å². The Morgan fingerprint density at radius 3 is 2.80 bits per heavy atom. The second-order valence-corrected chi connectivity index (χ2v) is 5.71. The molecule has 0 bridgehead atoms. The third-order valence-corrected chi connectivity index (χ3v) is 4.02. The second kappa shape index (κ2) is 6.68. The zero-order valence-electron chi connectivity index (χ0n) is 13.8. The molecule has 1 N–H and O–H groups in total. The quantitative estimate of drug-likeness (QED) is 0.608. The smallest absolute Gasteiger partial charge is 0.177 e. The zero-order valence-corrected chi connectivity index (χ0v) is 13.8. The lowest BCUT2D eigenvalue weighted by molar-refractivity contribution is 0.413. The summed E-state index contributed by atoms with van der Waals surface area (Å²) in [4.78, 5) is 20.9. The van der Waals surface area contributed by atoms with E-state index in [1.54, 1.807) is 19.5 Å². The molecule has 25 heavy (non-hydrogen) atoms. The van der Waals surface area contributed by atoms with E-state index in [4.69, 9.17) is 4.74 Å². The number of aromatic amines is 1. The zero-order chi connectivity index (χ0) is 17.1. The van der Waals surface area contributed by atoms with Crippen LogP contribution in [0.3, 0.4) is 0 Å². The lowest BCUT2D eigenvalue weighted by Gasteiger charge is -2.02. The van der Waals surface area contributed by atoms with Crippen LogP contribution in [0.1, 0.15) is 11.5 Å². The minimum atomic E-state index is 0.723. The van der Waals surface area contributed by atoms with Crippen LogP contribution in [0.15, 0.2) is 55.1 Å². The van der Waals surface area contributed by atoms with Crippen molar-refractivity contribution in [3.8, 4) is 16.9 Å². The first kappa shape index (κ1) is 15.3. The van der Waals surface area contributed by atoms with Crippen LogP contribution < -0.4 is 4.74 Å². The van der Waals surface area contributed by atoms with E-state index in [1.807, 2.05) is 36.7 Å². The molecule has 4 aromatic rings. The van der Waals surface area contributed by atoms with Crippen molar-refractivity contribution in [1.82, 2.24) is 24.9 Å². The van der Waals surface area contributed by atoms with Gasteiger partial charge in [0.15, 0.2) is 5.65 Å². The van der Waals surface area contributed by atoms with Gasteiger partial charge in [-0.25, -0.2) is 9.97 Å². The Morgan fingerprint density at radius 2 is 1.96 bits per heavy atom. The summed E-state index contributed by atoms with van der Waals surface area (Å²) in [5, 5.41) is 0. The minimum absolute atomic E-state index is 0.723. The summed E-state index contributed by atoms with van der Waals surface area (Å²) >= 11 is 0. The Labute approximate surface area is 145 Å². The first-order valence-corrected chi connectivity index (χ1v) is 8.06. The number of pyridine rings is 3. The van der Waals surface area contributed by atoms with E-state index < -0.39 is 0 Å². The van der Waals surface area contributed by atoms with Crippen LogP contribution in [0.2, 0.25) is 0 Å². The predicted molar refractivity (Wildman–Crippen MR) is 95.3 cm³/mol. The van der Waals surface area contributed by atoms with Crippen molar-refractivity contribution in [3.63, 3.8) is 0 Å². The van der Waals surface area contributed by atoms with E-state index >= 15 is 0 Å². The van der Waals surface area contributed by atoms with E-state index in [-0.39, 0.29) is 0 Å². The van der Waals surface area contributed by atoms with Gasteiger partial charge in [-0.2, -0.15) is 0 Å². The molecule has 0 fully saturated rings. The molecule has 124 valence electrons. The van der Waals surface area contributed by atoms with Gasteiger partial charge in [0.05, 0.1) is 12.6 Å². The highest BCUT2D eigenvalue weighted by Crippen LogP contribution is 2.21. The highest BCUT2D eigenvalue weighted by molar-refractivity contribution is 5.77. The minimum Gasteiger partial charge on any atom is -0.497 e. The lowest BCUT2D eigenvalue weighted by Crippen LogP contribution is -1.96. The molecule has 6 heteroatoms. The van der Waals surface area contributed by atoms with Gasteiger partial charge < -0.3 is 9.72 Å². The number of nitrogens with zero attached hydrogens (tertiary/aromatic N) is 4. The van der Waals surface area contributed by atoms with Crippen molar-refractivity contribution in [1.29, 1.82) is 0 Å². The highest BCUT2D eigenvalue weighted by Gasteiger charge is 2.07. The number of aromatic nitrogens is 5. The molecule has 0 unspecified atom stereocenters. The molecular weight excluding hydrogens is 314 g/mol. The van der Waals surface area contributed by atoms with Gasteiger partial charge in [0.2, 0.25) is 0 Å². The molecule has 0 aliphatic heterocycles. The molecule has 4 rings (SSSR count). The van der Waals surface area contributed by atoms with Gasteiger partial charge in [0.25, 0.3) is 0 Å². The Kier molecular flexibility index (Phi) is 4.08. The van der Waals surface area contributed by atoms with Gasteiger partial charge in [-0.15, -0.1) is 0 Å². The maximum atomic E-state index is 5.23. The normalized spacial score (nSPS) is 10.9. The largest absolute Gasteiger partial charge is 0.497 e. The highest BCUT2D eigenvalue weighted by atomic mass is 16.5. The molecule has 0 atom stereocenters. The summed E-state index contributed by atoms with van der Waals surface area (Å²) < 4.78 is 5.23. The van der Waals surface area contributed by atoms with E-state index in [1.165, 1.54) is 0 Å². The molecule has 0 radical (unpaired) electrons. The number of imidazole rings is 1. The number of nitrogens with one attached hydrogen (secondary N) is 1. The van der Waals surface area contributed by atoms with Crippen LogP contribution in [0.4, 0.5) is 0 Å². The van der Waals surface area contributed by atoms with Gasteiger partial charge in [0.1, 0.15) is 11.6 Å². The number of fused-ring (bicyclic) bond motifs is 1. The standard InChI is InChI=1S/C19H17N5O/c1-25-16-6-8-21-15(10-16)4-5-18-23-17-9-14(12-22-19(17)24-18)13-3-2-7-20-11-13/h2-3,6-12H,4-5H2,1H3,(H,22,23,24). The SMILES string of the molecule is COc1ccnc(CCc2nc3ncc(-c4cccnc4)cc3[nH]2)c1. The number of rotatable bonds is 5. The average molecular weight is 331 g/mol. The molecule has 4 heterocycles. The molecule has 0 saturated carbocycles. The van der Waals surface area contributed by atoms with Gasteiger partial charge in [-0.3, -0.25) is 9.97 Å². The summed E-state index contributed by atoms with van der Waals surface area (Å²) in [6.45, 7) is 0. The van der Waals surface area contributed by atoms with E-state index in [0.29, 0.717) is 0 Å². The van der Waals surface area contributed by atoms with Crippen LogP contribution in [0.25, 0.3) is 22.3 Å². The molecule has 4 aromatic heterocycles. The maximum Gasteiger partial charge on any atom is 0.177 e. The number of methoxy groups -OCH3 is 1. The van der Waals surface area contributed by atoms with Crippen molar-refractivity contribution in [2.75, 3.05) is 7.11 Å². The molecular formula is C19H17N5O. The second-order valence-electron chi connectivity index (χ2n) is 5.71. The number of H-pyrrole nitrogens is 1. The molecule has 6 nitrogen and oxygen atoms in total. The topological polar surface area (TPSA) is 76.6 Å². The molecule has 0 amide bonds. The number of ether oxygens (including phenoxy) is 1. The Balaban J connectivity index is 1.55. The fourth-order valence-corrected chi connectivity index (χ4v) is 2.73. The van der Waals surface area contributed by atoms with E-state index in [0.717, 1.165) is 52.4 Å². The summed E-state index contributed by atoms with van der Waals surface area (Å²) in [5.41, 5.74) is 4.68. The van der Waals surface area contributed by atoms with Crippen molar-refractivity contribution < 1.29 is 4.74 Å². The Morgan fingerprint density at radius 1 is 1.00 bits per heavy atom. The average Bonchev–Trinajstić information content (AvgIpc) is 3.09. The summed E-state index contributed by atoms with van der Waals surface area (Å²) in [6.07, 6.45) is 8.72. The van der Waals surface area contributed by atoms with Crippen LogP contribution in [0, 0.1) is 0 Å². The van der Waals surface area contributed by atoms with Crippen molar-refractivity contribution in [2.24, 2.45) is 0 Å². The van der Waals surface area contributed by atoms with Gasteiger partial charge >= 0.3 is 0 Å². The van der Waals surface area contributed by atoms with E-state index in [2.05, 4.69) is 31.0 Å². The van der Waals surface area contributed by atoms with Crippen LogP contribution >= 0.6 is 0 Å². The lowest BCUT2D eigenvalue weighted by atomic mass is 10.1. The third kappa shape index (κ3) is 3.33. The molecule has 0 saturated heterocycles. The van der Waals surface area contributed by atoms with Crippen LogP contribution in [-0.2, 0) is 12.8 Å². The first-order valence-electron chi connectivity index (χ1n) is 8.06. The Hall–Kier alpha value is -3.28. The van der Waals surface area contributed by atoms with Crippen LogP contribution in [-0.4, -0.2) is 32.0 Å². The van der Waals surface area contributed by atoms with Crippen molar-refractivity contribution in [2.45, 2.75) is 12.8 Å². The number of aryl methyl sites for hydroxylation is 2. The van der Waals surface area contributed by atoms with Gasteiger partial charge in [0, 0.05) is 54.1 Å². The van der Waals surface area contributed by atoms with E-state index in [9.17, 15) is 0 Å². The van der Waals surface area contributed by atoms with Gasteiger partial charge in [-0.1, -0.05) is 6.07 Å². The summed E-state index contributed by atoms with van der Waals surface area (Å²) in [7, 11) is 1.66. The first-order chi connectivity index (χ1) is 12.3.